The van der Waals surface area contributed by atoms with Gasteiger partial charge < -0.3 is 19.7 Å². The van der Waals surface area contributed by atoms with Crippen molar-refractivity contribution in [2.45, 2.75) is 111 Å². The van der Waals surface area contributed by atoms with Gasteiger partial charge in [-0.05, 0) is 86.4 Å². The highest BCUT2D eigenvalue weighted by Gasteiger charge is 2.67. The van der Waals surface area contributed by atoms with Crippen LogP contribution in [0.15, 0.2) is 0 Å². The van der Waals surface area contributed by atoms with E-state index in [2.05, 4.69) is 20.8 Å². The Hall–Kier alpha value is -1.63. The lowest BCUT2D eigenvalue weighted by Crippen LogP contribution is -2.63. The highest BCUT2D eigenvalue weighted by Crippen LogP contribution is 2.69. The van der Waals surface area contributed by atoms with Crippen molar-refractivity contribution in [2.75, 3.05) is 0 Å². The van der Waals surface area contributed by atoms with Crippen molar-refractivity contribution in [3.63, 3.8) is 0 Å². The summed E-state index contributed by atoms with van der Waals surface area (Å²) in [6.07, 6.45) is 5.88. The van der Waals surface area contributed by atoms with E-state index < -0.39 is 5.97 Å². The average Bonchev–Trinajstić information content (AvgIpc) is 3.11. The van der Waals surface area contributed by atoms with Gasteiger partial charge in [0.2, 0.25) is 0 Å². The molecule has 7 heteroatoms. The van der Waals surface area contributed by atoms with Crippen molar-refractivity contribution in [3.8, 4) is 0 Å². The molecule has 0 spiro atoms. The molecule has 0 amide bonds. The SMILES string of the molecule is CC(=O)O[C@H]1C[C@H]2[C@@H]([C@H](OC(C)=O)C[C@@H]3CC(O)CC[C@@]32C)[C@@H]2CC[C@H]([C@H](C)CCC(=O)O)[C@@]12C. The van der Waals surface area contributed by atoms with Crippen LogP contribution in [0.1, 0.15) is 92.4 Å². The zero-order valence-electron chi connectivity index (χ0n) is 22.0. The average molecular weight is 493 g/mol. The van der Waals surface area contributed by atoms with Crippen LogP contribution < -0.4 is 0 Å². The fraction of sp³-hybridized carbons (Fsp3) is 0.893. The summed E-state index contributed by atoms with van der Waals surface area (Å²) in [5.74, 6) is 0.0541. The summed E-state index contributed by atoms with van der Waals surface area (Å²) in [6, 6.07) is 0. The second-order valence-corrected chi connectivity index (χ2v) is 12.6. The number of esters is 2. The normalized spacial score (nSPS) is 45.4. The molecule has 1 unspecified atom stereocenters. The minimum Gasteiger partial charge on any atom is -0.481 e. The van der Waals surface area contributed by atoms with Crippen LogP contribution in [-0.2, 0) is 23.9 Å². The first kappa shape index (κ1) is 26.4. The van der Waals surface area contributed by atoms with Crippen LogP contribution in [0.25, 0.3) is 0 Å². The Morgan fingerprint density at radius 3 is 2.29 bits per heavy atom. The summed E-state index contributed by atoms with van der Waals surface area (Å²) >= 11 is 0. The molecule has 4 aliphatic carbocycles. The molecular weight excluding hydrogens is 448 g/mol. The van der Waals surface area contributed by atoms with Gasteiger partial charge in [0.05, 0.1) is 6.10 Å². The number of carbonyl (C=O) groups excluding carboxylic acids is 2. The van der Waals surface area contributed by atoms with Crippen molar-refractivity contribution >= 4 is 17.9 Å². The molecule has 0 saturated heterocycles. The number of fused-ring (bicyclic) bond motifs is 5. The van der Waals surface area contributed by atoms with Crippen LogP contribution in [0.2, 0.25) is 0 Å². The van der Waals surface area contributed by atoms with Gasteiger partial charge in [-0.15, -0.1) is 0 Å². The van der Waals surface area contributed by atoms with Gasteiger partial charge in [-0.2, -0.15) is 0 Å². The third-order valence-corrected chi connectivity index (χ3v) is 10.9. The predicted molar refractivity (Wildman–Crippen MR) is 129 cm³/mol. The van der Waals surface area contributed by atoms with E-state index in [1.165, 1.54) is 13.8 Å². The van der Waals surface area contributed by atoms with E-state index in [-0.39, 0.29) is 83.0 Å². The smallest absolute Gasteiger partial charge is 0.303 e. The summed E-state index contributed by atoms with van der Waals surface area (Å²) in [5, 5.41) is 19.7. The first-order valence-electron chi connectivity index (χ1n) is 13.6. The molecule has 4 aliphatic rings. The molecule has 4 saturated carbocycles. The predicted octanol–water partition coefficient (Wildman–Crippen LogP) is 4.59. The number of aliphatic carboxylic acids is 1. The second-order valence-electron chi connectivity index (χ2n) is 12.6. The molecular formula is C28H44O7. The second kappa shape index (κ2) is 9.68. The largest absolute Gasteiger partial charge is 0.481 e. The van der Waals surface area contributed by atoms with E-state index in [1.54, 1.807) is 0 Å². The highest BCUT2D eigenvalue weighted by atomic mass is 16.5. The van der Waals surface area contributed by atoms with Crippen molar-refractivity contribution in [2.24, 2.45) is 46.3 Å². The van der Waals surface area contributed by atoms with Gasteiger partial charge in [0.25, 0.3) is 0 Å². The number of carboxylic acid groups (broad SMARTS) is 1. The fourth-order valence-electron chi connectivity index (χ4n) is 9.34. The first-order chi connectivity index (χ1) is 16.4. The van der Waals surface area contributed by atoms with Gasteiger partial charge in [-0.1, -0.05) is 20.8 Å². The van der Waals surface area contributed by atoms with Crippen LogP contribution >= 0.6 is 0 Å². The Kier molecular flexibility index (Phi) is 7.31. The lowest BCUT2D eigenvalue weighted by atomic mass is 9.43. The van der Waals surface area contributed by atoms with Crippen molar-refractivity contribution < 1.29 is 34.1 Å². The van der Waals surface area contributed by atoms with E-state index in [9.17, 15) is 24.6 Å². The Bertz CT molecular complexity index is 841. The summed E-state index contributed by atoms with van der Waals surface area (Å²) in [6.45, 7) is 9.70. The van der Waals surface area contributed by atoms with Gasteiger partial charge in [0.15, 0.2) is 0 Å². The molecule has 0 radical (unpaired) electrons. The quantitative estimate of drug-likeness (QED) is 0.522. The molecule has 198 valence electrons. The minimum atomic E-state index is -0.780. The van der Waals surface area contributed by atoms with Crippen molar-refractivity contribution in [3.05, 3.63) is 0 Å². The third kappa shape index (κ3) is 4.62. The number of carboxylic acids is 1. The van der Waals surface area contributed by atoms with E-state index in [1.807, 2.05) is 0 Å². The van der Waals surface area contributed by atoms with Crippen LogP contribution in [0, 0.1) is 46.3 Å². The maximum Gasteiger partial charge on any atom is 0.303 e. The fourth-order valence-corrected chi connectivity index (χ4v) is 9.34. The molecule has 4 fully saturated rings. The number of ether oxygens (including phenoxy) is 2. The van der Waals surface area contributed by atoms with E-state index in [0.29, 0.717) is 6.42 Å². The van der Waals surface area contributed by atoms with Gasteiger partial charge in [0.1, 0.15) is 12.2 Å². The number of carbonyl (C=O) groups is 3. The summed E-state index contributed by atoms with van der Waals surface area (Å²) < 4.78 is 12.1. The zero-order valence-corrected chi connectivity index (χ0v) is 22.0. The molecule has 35 heavy (non-hydrogen) atoms. The molecule has 11 atom stereocenters. The monoisotopic (exact) mass is 492 g/mol. The lowest BCUT2D eigenvalue weighted by Gasteiger charge is -2.64. The van der Waals surface area contributed by atoms with Crippen molar-refractivity contribution in [1.29, 1.82) is 0 Å². The zero-order chi connectivity index (χ0) is 25.7. The van der Waals surface area contributed by atoms with Gasteiger partial charge >= 0.3 is 17.9 Å². The minimum absolute atomic E-state index is 0.00723. The van der Waals surface area contributed by atoms with Crippen LogP contribution in [0.3, 0.4) is 0 Å². The molecule has 7 nitrogen and oxygen atoms in total. The molecule has 2 N–H and O–H groups in total. The maximum atomic E-state index is 12.3. The number of hydrogen-bond acceptors (Lipinski definition) is 6. The third-order valence-electron chi connectivity index (χ3n) is 10.9. The number of hydrogen-bond donors (Lipinski definition) is 2. The van der Waals surface area contributed by atoms with Gasteiger partial charge in [-0.3, -0.25) is 14.4 Å². The summed E-state index contributed by atoms with van der Waals surface area (Å²) in [4.78, 5) is 35.8. The van der Waals surface area contributed by atoms with Gasteiger partial charge in [-0.25, -0.2) is 0 Å². The summed E-state index contributed by atoms with van der Waals surface area (Å²) in [7, 11) is 0. The molecule has 0 aromatic carbocycles. The molecule has 0 aliphatic heterocycles. The highest BCUT2D eigenvalue weighted by molar-refractivity contribution is 5.67. The number of aliphatic hydroxyl groups excluding tert-OH is 1. The molecule has 0 bridgehead atoms. The first-order valence-corrected chi connectivity index (χ1v) is 13.6. The molecule has 0 heterocycles. The number of rotatable bonds is 6. The topological polar surface area (TPSA) is 110 Å². The van der Waals surface area contributed by atoms with Gasteiger partial charge in [0, 0.05) is 31.6 Å². The van der Waals surface area contributed by atoms with Crippen LogP contribution in [0.5, 0.6) is 0 Å². The van der Waals surface area contributed by atoms with Crippen molar-refractivity contribution in [1.82, 2.24) is 0 Å². The molecule has 0 aromatic heterocycles. The summed E-state index contributed by atoms with van der Waals surface area (Å²) in [5.41, 5.74) is -0.284. The number of aliphatic hydroxyl groups is 1. The molecule has 0 aromatic rings. The van der Waals surface area contributed by atoms with Crippen LogP contribution in [-0.4, -0.2) is 46.4 Å². The van der Waals surface area contributed by atoms with E-state index >= 15 is 0 Å². The maximum absolute atomic E-state index is 12.3. The van der Waals surface area contributed by atoms with Crippen LogP contribution in [0.4, 0.5) is 0 Å². The molecule has 4 rings (SSSR count). The Morgan fingerprint density at radius 1 is 0.971 bits per heavy atom. The van der Waals surface area contributed by atoms with E-state index in [0.717, 1.165) is 44.9 Å². The standard InChI is InChI=1S/C28H44O7/c1-15(6-9-25(32)33)20-7-8-21-26-22(14-24(28(20,21)5)35-17(3)30)27(4)11-10-19(31)12-18(27)13-23(26)34-16(2)29/h15,18-24,26,31H,6-14H2,1-5H3,(H,32,33)/t15-,18+,19?,20-,21+,22+,23-,24+,26+,27+,28-/m1/s1. The Balaban J connectivity index is 1.74. The Labute approximate surface area is 209 Å². The lowest BCUT2D eigenvalue weighted by molar-refractivity contribution is -0.223. The van der Waals surface area contributed by atoms with E-state index in [4.69, 9.17) is 9.47 Å². The Morgan fingerprint density at radius 2 is 1.66 bits per heavy atom.